The maximum Gasteiger partial charge on any atom is 0.317 e. The molecule has 0 aromatic heterocycles. The zero-order valence-corrected chi connectivity index (χ0v) is 10.8. The van der Waals surface area contributed by atoms with E-state index in [9.17, 15) is 9.59 Å². The molecule has 102 valence electrons. The summed E-state index contributed by atoms with van der Waals surface area (Å²) in [5.41, 5.74) is 2.47. The fourth-order valence-electron chi connectivity index (χ4n) is 2.26. The van der Waals surface area contributed by atoms with Crippen molar-refractivity contribution in [2.24, 2.45) is 0 Å². The van der Waals surface area contributed by atoms with Gasteiger partial charge in [0.25, 0.3) is 0 Å². The zero-order chi connectivity index (χ0) is 13.7. The number of rotatable bonds is 3. The molecule has 2 rings (SSSR count). The summed E-state index contributed by atoms with van der Waals surface area (Å²) in [5, 5.41) is 11.2. The van der Waals surface area contributed by atoms with Crippen LogP contribution in [0.5, 0.6) is 0 Å². The summed E-state index contributed by atoms with van der Waals surface area (Å²) in [5.74, 6) is -0.901. The molecular weight excluding hydrogens is 244 g/mol. The van der Waals surface area contributed by atoms with Crippen LogP contribution in [0.3, 0.4) is 0 Å². The predicted molar refractivity (Wildman–Crippen MR) is 70.8 cm³/mol. The molecule has 2 amide bonds. The Morgan fingerprint density at radius 2 is 2.00 bits per heavy atom. The van der Waals surface area contributed by atoms with Gasteiger partial charge in [0.05, 0.1) is 6.42 Å². The first-order chi connectivity index (χ1) is 9.16. The van der Waals surface area contributed by atoms with Gasteiger partial charge in [0.1, 0.15) is 0 Å². The Bertz CT molecular complexity index is 474. The number of carboxylic acids is 1. The van der Waals surface area contributed by atoms with E-state index in [4.69, 9.17) is 5.11 Å². The highest BCUT2D eigenvalue weighted by molar-refractivity contribution is 5.75. The quantitative estimate of drug-likeness (QED) is 0.869. The molecular formula is C14H18N2O3. The molecule has 2 N–H and O–H groups in total. The van der Waals surface area contributed by atoms with Gasteiger partial charge in [0.2, 0.25) is 0 Å². The maximum atomic E-state index is 12.0. The first kappa shape index (κ1) is 13.4. The van der Waals surface area contributed by atoms with Gasteiger partial charge < -0.3 is 15.3 Å². The minimum absolute atomic E-state index is 0.0455. The number of amides is 2. The van der Waals surface area contributed by atoms with Gasteiger partial charge in [-0.2, -0.15) is 0 Å². The molecule has 0 bridgehead atoms. The van der Waals surface area contributed by atoms with Crippen LogP contribution >= 0.6 is 0 Å². The molecule has 0 fully saturated rings. The van der Waals surface area contributed by atoms with E-state index in [1.807, 2.05) is 18.2 Å². The third-order valence-electron chi connectivity index (χ3n) is 3.26. The zero-order valence-electron chi connectivity index (χ0n) is 10.8. The van der Waals surface area contributed by atoms with Gasteiger partial charge in [0, 0.05) is 19.6 Å². The largest absolute Gasteiger partial charge is 0.481 e. The Hall–Kier alpha value is -2.04. The number of carboxylic acid groups (broad SMARTS) is 1. The molecule has 5 heteroatoms. The van der Waals surface area contributed by atoms with E-state index >= 15 is 0 Å². The third kappa shape index (κ3) is 3.71. The van der Waals surface area contributed by atoms with E-state index in [0.717, 1.165) is 12.8 Å². The lowest BCUT2D eigenvalue weighted by atomic mass is 10.0. The van der Waals surface area contributed by atoms with Crippen molar-refractivity contribution in [3.8, 4) is 0 Å². The number of fused-ring (bicyclic) bond motifs is 1. The molecule has 0 atom stereocenters. The van der Waals surface area contributed by atoms with Crippen molar-refractivity contribution < 1.29 is 14.7 Å². The second kappa shape index (κ2) is 6.22. The van der Waals surface area contributed by atoms with Gasteiger partial charge >= 0.3 is 12.0 Å². The van der Waals surface area contributed by atoms with E-state index in [2.05, 4.69) is 11.4 Å². The molecule has 0 unspecified atom stereocenters. The molecule has 0 spiro atoms. The van der Waals surface area contributed by atoms with E-state index in [1.165, 1.54) is 11.1 Å². The molecule has 1 aromatic carbocycles. The SMILES string of the molecule is O=C(O)CCNC(=O)N1CCCc2ccccc2C1. The van der Waals surface area contributed by atoms with E-state index in [-0.39, 0.29) is 19.0 Å². The van der Waals surface area contributed by atoms with Crippen molar-refractivity contribution in [2.75, 3.05) is 13.1 Å². The molecule has 0 saturated carbocycles. The fraction of sp³-hybridized carbons (Fsp3) is 0.429. The van der Waals surface area contributed by atoms with Gasteiger partial charge in [-0.15, -0.1) is 0 Å². The molecule has 0 radical (unpaired) electrons. The normalized spacial score (nSPS) is 14.4. The maximum absolute atomic E-state index is 12.0. The first-order valence-electron chi connectivity index (χ1n) is 6.48. The molecule has 1 aromatic rings. The van der Waals surface area contributed by atoms with Crippen molar-refractivity contribution in [3.63, 3.8) is 0 Å². The summed E-state index contributed by atoms with van der Waals surface area (Å²) >= 11 is 0. The lowest BCUT2D eigenvalue weighted by Crippen LogP contribution is -2.40. The minimum atomic E-state index is -0.901. The molecule has 0 aliphatic carbocycles. The number of carbonyl (C=O) groups is 2. The topological polar surface area (TPSA) is 69.6 Å². The van der Waals surface area contributed by atoms with Crippen LogP contribution in [0.2, 0.25) is 0 Å². The molecule has 0 saturated heterocycles. The average Bonchev–Trinajstić information content (AvgIpc) is 2.60. The number of nitrogens with zero attached hydrogens (tertiary/aromatic N) is 1. The summed E-state index contributed by atoms with van der Waals surface area (Å²) in [7, 11) is 0. The molecule has 5 nitrogen and oxygen atoms in total. The number of benzene rings is 1. The van der Waals surface area contributed by atoms with Crippen molar-refractivity contribution in [1.82, 2.24) is 10.2 Å². The second-order valence-corrected chi connectivity index (χ2v) is 4.67. The number of carbonyl (C=O) groups excluding carboxylic acids is 1. The minimum Gasteiger partial charge on any atom is -0.481 e. The van der Waals surface area contributed by atoms with E-state index in [0.29, 0.717) is 13.1 Å². The highest BCUT2D eigenvalue weighted by Gasteiger charge is 2.18. The Balaban J connectivity index is 1.94. The number of aryl methyl sites for hydroxylation is 1. The fourth-order valence-corrected chi connectivity index (χ4v) is 2.26. The summed E-state index contributed by atoms with van der Waals surface area (Å²) in [4.78, 5) is 24.1. The van der Waals surface area contributed by atoms with Gasteiger partial charge in [-0.1, -0.05) is 24.3 Å². The van der Waals surface area contributed by atoms with Crippen LogP contribution in [0.15, 0.2) is 24.3 Å². The van der Waals surface area contributed by atoms with Crippen molar-refractivity contribution >= 4 is 12.0 Å². The highest BCUT2D eigenvalue weighted by Crippen LogP contribution is 2.18. The Kier molecular flexibility index (Phi) is 4.39. The number of hydrogen-bond donors (Lipinski definition) is 2. The summed E-state index contributed by atoms with van der Waals surface area (Å²) in [6, 6.07) is 7.95. The van der Waals surface area contributed by atoms with Crippen LogP contribution in [0.25, 0.3) is 0 Å². The third-order valence-corrected chi connectivity index (χ3v) is 3.26. The van der Waals surface area contributed by atoms with Gasteiger partial charge in [0.15, 0.2) is 0 Å². The van der Waals surface area contributed by atoms with Crippen molar-refractivity contribution in [3.05, 3.63) is 35.4 Å². The molecule has 19 heavy (non-hydrogen) atoms. The summed E-state index contributed by atoms with van der Waals surface area (Å²) in [6.07, 6.45) is 1.87. The van der Waals surface area contributed by atoms with Gasteiger partial charge in [-0.05, 0) is 24.0 Å². The van der Waals surface area contributed by atoms with Gasteiger partial charge in [-0.25, -0.2) is 4.79 Å². The standard InChI is InChI=1S/C14H18N2O3/c17-13(18)7-8-15-14(19)16-9-3-6-11-4-1-2-5-12(11)10-16/h1-2,4-5H,3,6-10H2,(H,15,19)(H,17,18). The van der Waals surface area contributed by atoms with Crippen molar-refractivity contribution in [1.29, 1.82) is 0 Å². The number of nitrogens with one attached hydrogen (secondary N) is 1. The van der Waals surface area contributed by atoms with E-state index in [1.54, 1.807) is 4.90 Å². The number of aliphatic carboxylic acids is 1. The Labute approximate surface area is 112 Å². The lowest BCUT2D eigenvalue weighted by molar-refractivity contribution is -0.136. The van der Waals surface area contributed by atoms with Crippen LogP contribution in [-0.4, -0.2) is 35.1 Å². The molecule has 1 aliphatic heterocycles. The van der Waals surface area contributed by atoms with Crippen LogP contribution in [-0.2, 0) is 17.8 Å². The lowest BCUT2D eigenvalue weighted by Gasteiger charge is -2.21. The molecule has 1 heterocycles. The Morgan fingerprint density at radius 1 is 1.26 bits per heavy atom. The van der Waals surface area contributed by atoms with Crippen LogP contribution < -0.4 is 5.32 Å². The molecule has 1 aliphatic rings. The first-order valence-corrected chi connectivity index (χ1v) is 6.48. The number of hydrogen-bond acceptors (Lipinski definition) is 2. The highest BCUT2D eigenvalue weighted by atomic mass is 16.4. The van der Waals surface area contributed by atoms with Gasteiger partial charge in [-0.3, -0.25) is 4.79 Å². The van der Waals surface area contributed by atoms with Crippen LogP contribution in [0.1, 0.15) is 24.0 Å². The van der Waals surface area contributed by atoms with Crippen molar-refractivity contribution in [2.45, 2.75) is 25.8 Å². The monoisotopic (exact) mass is 262 g/mol. The van der Waals surface area contributed by atoms with E-state index < -0.39 is 5.97 Å². The Morgan fingerprint density at radius 3 is 2.74 bits per heavy atom. The summed E-state index contributed by atoms with van der Waals surface area (Å²) in [6.45, 7) is 1.47. The average molecular weight is 262 g/mol. The predicted octanol–water partition coefficient (Wildman–Crippen LogP) is 1.62. The number of urea groups is 1. The van der Waals surface area contributed by atoms with Crippen LogP contribution in [0.4, 0.5) is 4.79 Å². The summed E-state index contributed by atoms with van der Waals surface area (Å²) < 4.78 is 0. The second-order valence-electron chi connectivity index (χ2n) is 4.67. The van der Waals surface area contributed by atoms with Crippen LogP contribution in [0, 0.1) is 0 Å². The smallest absolute Gasteiger partial charge is 0.317 e.